The molecule has 0 heterocycles. The third-order valence-corrected chi connectivity index (χ3v) is 3.95. The van der Waals surface area contributed by atoms with Crippen molar-refractivity contribution in [2.24, 2.45) is 0 Å². The normalized spacial score (nSPS) is 10.9. The van der Waals surface area contributed by atoms with Gasteiger partial charge in [0.2, 0.25) is 5.91 Å². The molecule has 0 atom stereocenters. The first kappa shape index (κ1) is 21.2. The van der Waals surface area contributed by atoms with Crippen LogP contribution in [0, 0.1) is 6.92 Å². The van der Waals surface area contributed by atoms with Gasteiger partial charge in [-0.3, -0.25) is 9.59 Å². The van der Waals surface area contributed by atoms with Crippen molar-refractivity contribution in [3.8, 4) is 11.5 Å². The van der Waals surface area contributed by atoms with Gasteiger partial charge in [-0.05, 0) is 51.1 Å². The van der Waals surface area contributed by atoms with E-state index in [1.54, 1.807) is 32.0 Å². The Labute approximate surface area is 165 Å². The molecule has 2 rings (SSSR count). The van der Waals surface area contributed by atoms with Crippen LogP contribution in [0.1, 0.15) is 19.4 Å². The number of rotatable bonds is 8. The second-order valence-electron chi connectivity index (χ2n) is 6.78. The highest BCUT2D eigenvalue weighted by atomic mass is 16.5. The van der Waals surface area contributed by atoms with Crippen molar-refractivity contribution in [3.05, 3.63) is 48.0 Å². The second kappa shape index (κ2) is 9.23. The van der Waals surface area contributed by atoms with E-state index in [2.05, 4.69) is 10.6 Å². The summed E-state index contributed by atoms with van der Waals surface area (Å²) in [5.74, 6) is 0.422. The minimum absolute atomic E-state index is 0.0861. The molecule has 0 unspecified atom stereocenters. The zero-order chi connectivity index (χ0) is 20.7. The van der Waals surface area contributed by atoms with Crippen LogP contribution in [0.4, 0.5) is 11.4 Å². The number of anilines is 2. The molecular weight excluding hydrogens is 360 g/mol. The van der Waals surface area contributed by atoms with E-state index in [1.165, 1.54) is 14.2 Å². The maximum atomic E-state index is 12.7. The molecule has 0 aliphatic carbocycles. The fourth-order valence-corrected chi connectivity index (χ4v) is 2.43. The summed E-state index contributed by atoms with van der Waals surface area (Å²) in [5, 5.41) is 5.50. The Morgan fingerprint density at radius 1 is 1.00 bits per heavy atom. The van der Waals surface area contributed by atoms with Crippen LogP contribution in [0.2, 0.25) is 0 Å². The van der Waals surface area contributed by atoms with E-state index < -0.39 is 5.60 Å². The summed E-state index contributed by atoms with van der Waals surface area (Å²) in [6.45, 7) is 5.27. The molecule has 2 aromatic rings. The highest BCUT2D eigenvalue weighted by Gasteiger charge is 2.30. The highest BCUT2D eigenvalue weighted by molar-refractivity contribution is 5.99. The number of ether oxygens (including phenoxy) is 3. The van der Waals surface area contributed by atoms with E-state index in [-0.39, 0.29) is 18.4 Å². The molecule has 0 saturated heterocycles. The Morgan fingerprint density at radius 3 is 2.29 bits per heavy atom. The van der Waals surface area contributed by atoms with E-state index in [4.69, 9.17) is 14.2 Å². The zero-order valence-electron chi connectivity index (χ0n) is 16.8. The molecule has 0 spiro atoms. The van der Waals surface area contributed by atoms with E-state index in [1.807, 2.05) is 31.2 Å². The van der Waals surface area contributed by atoms with Crippen molar-refractivity contribution in [3.63, 3.8) is 0 Å². The number of carbonyl (C=O) groups is 2. The number of carbonyl (C=O) groups excluding carboxylic acids is 2. The molecule has 28 heavy (non-hydrogen) atoms. The number of nitrogens with one attached hydrogen (secondary N) is 2. The first-order valence-corrected chi connectivity index (χ1v) is 8.79. The van der Waals surface area contributed by atoms with Gasteiger partial charge in [0, 0.05) is 12.8 Å². The molecule has 0 aliphatic rings. The van der Waals surface area contributed by atoms with Gasteiger partial charge in [0.05, 0.1) is 12.8 Å². The number of hydrogen-bond donors (Lipinski definition) is 2. The van der Waals surface area contributed by atoms with Crippen molar-refractivity contribution in [2.45, 2.75) is 26.4 Å². The number of aryl methyl sites for hydroxylation is 1. The predicted molar refractivity (Wildman–Crippen MR) is 108 cm³/mol. The second-order valence-corrected chi connectivity index (χ2v) is 6.78. The van der Waals surface area contributed by atoms with Crippen LogP contribution in [-0.4, -0.2) is 38.2 Å². The SMILES string of the molecule is COCC(=O)Nc1cc(NC(=O)C(C)(C)Oc2ccc(C)cc2)ccc1OC. The van der Waals surface area contributed by atoms with Crippen LogP contribution in [0.25, 0.3) is 0 Å². The van der Waals surface area contributed by atoms with Gasteiger partial charge < -0.3 is 24.8 Å². The summed E-state index contributed by atoms with van der Waals surface area (Å²) < 4.78 is 15.9. The first-order chi connectivity index (χ1) is 13.2. The maximum Gasteiger partial charge on any atom is 0.267 e. The van der Waals surface area contributed by atoms with Gasteiger partial charge in [0.1, 0.15) is 18.1 Å². The summed E-state index contributed by atoms with van der Waals surface area (Å²) in [7, 11) is 2.93. The van der Waals surface area contributed by atoms with Crippen molar-refractivity contribution in [2.75, 3.05) is 31.5 Å². The summed E-state index contributed by atoms with van der Waals surface area (Å²) in [5.41, 5.74) is 0.934. The highest BCUT2D eigenvalue weighted by Crippen LogP contribution is 2.29. The smallest absolute Gasteiger partial charge is 0.267 e. The van der Waals surface area contributed by atoms with E-state index in [9.17, 15) is 9.59 Å². The van der Waals surface area contributed by atoms with E-state index in [0.29, 0.717) is 22.9 Å². The lowest BCUT2D eigenvalue weighted by molar-refractivity contribution is -0.128. The summed E-state index contributed by atoms with van der Waals surface area (Å²) in [6.07, 6.45) is 0. The molecule has 2 aromatic carbocycles. The number of methoxy groups -OCH3 is 2. The average molecular weight is 386 g/mol. The van der Waals surface area contributed by atoms with Crippen molar-refractivity contribution in [1.29, 1.82) is 0 Å². The number of amides is 2. The maximum absolute atomic E-state index is 12.7. The largest absolute Gasteiger partial charge is 0.495 e. The molecule has 2 amide bonds. The van der Waals surface area contributed by atoms with Crippen LogP contribution in [0.3, 0.4) is 0 Å². The van der Waals surface area contributed by atoms with Crippen molar-refractivity contribution in [1.82, 2.24) is 0 Å². The fourth-order valence-electron chi connectivity index (χ4n) is 2.43. The summed E-state index contributed by atoms with van der Waals surface area (Å²) in [6, 6.07) is 12.4. The standard InChI is InChI=1S/C21H26N2O5/c1-14-6-9-16(10-7-14)28-21(2,3)20(25)22-15-8-11-18(27-5)17(12-15)23-19(24)13-26-4/h6-12H,13H2,1-5H3,(H,22,25)(H,23,24). The fraction of sp³-hybridized carbons (Fsp3) is 0.333. The van der Waals surface area contributed by atoms with Gasteiger partial charge in [-0.2, -0.15) is 0 Å². The molecule has 7 heteroatoms. The van der Waals surface area contributed by atoms with Gasteiger partial charge in [-0.25, -0.2) is 0 Å². The molecule has 0 aromatic heterocycles. The number of benzene rings is 2. The quantitative estimate of drug-likeness (QED) is 0.726. The number of hydrogen-bond acceptors (Lipinski definition) is 5. The van der Waals surface area contributed by atoms with Crippen LogP contribution < -0.4 is 20.1 Å². The Balaban J connectivity index is 2.13. The molecule has 7 nitrogen and oxygen atoms in total. The van der Waals surface area contributed by atoms with E-state index in [0.717, 1.165) is 5.56 Å². The molecule has 0 fully saturated rings. The molecule has 0 radical (unpaired) electrons. The molecule has 0 aliphatic heterocycles. The molecule has 2 N–H and O–H groups in total. The third-order valence-electron chi connectivity index (χ3n) is 3.95. The Hall–Kier alpha value is -3.06. The Kier molecular flexibility index (Phi) is 7.00. The van der Waals surface area contributed by atoms with E-state index >= 15 is 0 Å². The van der Waals surface area contributed by atoms with Gasteiger partial charge in [-0.15, -0.1) is 0 Å². The lowest BCUT2D eigenvalue weighted by Crippen LogP contribution is -2.42. The predicted octanol–water partition coefficient (Wildman–Crippen LogP) is 3.38. The van der Waals surface area contributed by atoms with Crippen LogP contribution in [0.15, 0.2) is 42.5 Å². The van der Waals surface area contributed by atoms with Gasteiger partial charge >= 0.3 is 0 Å². The topological polar surface area (TPSA) is 85.9 Å². The Morgan fingerprint density at radius 2 is 1.68 bits per heavy atom. The molecule has 0 saturated carbocycles. The van der Waals surface area contributed by atoms with Gasteiger partial charge in [0.15, 0.2) is 5.60 Å². The zero-order valence-corrected chi connectivity index (χ0v) is 16.8. The van der Waals surface area contributed by atoms with Gasteiger partial charge in [-0.1, -0.05) is 17.7 Å². The van der Waals surface area contributed by atoms with Crippen LogP contribution in [0.5, 0.6) is 11.5 Å². The summed E-state index contributed by atoms with van der Waals surface area (Å²) >= 11 is 0. The van der Waals surface area contributed by atoms with Crippen LogP contribution >= 0.6 is 0 Å². The molecule has 0 bridgehead atoms. The monoisotopic (exact) mass is 386 g/mol. The lowest BCUT2D eigenvalue weighted by atomic mass is 10.1. The van der Waals surface area contributed by atoms with Gasteiger partial charge in [0.25, 0.3) is 5.91 Å². The lowest BCUT2D eigenvalue weighted by Gasteiger charge is -2.25. The van der Waals surface area contributed by atoms with Crippen molar-refractivity contribution >= 4 is 23.2 Å². The third kappa shape index (κ3) is 5.72. The summed E-state index contributed by atoms with van der Waals surface area (Å²) in [4.78, 5) is 24.5. The van der Waals surface area contributed by atoms with Crippen molar-refractivity contribution < 1.29 is 23.8 Å². The van der Waals surface area contributed by atoms with Crippen LogP contribution in [-0.2, 0) is 14.3 Å². The Bertz CT molecular complexity index is 831. The first-order valence-electron chi connectivity index (χ1n) is 8.79. The minimum Gasteiger partial charge on any atom is -0.495 e. The average Bonchev–Trinajstić information content (AvgIpc) is 2.64. The molecular formula is C21H26N2O5. The molecule has 150 valence electrons. The minimum atomic E-state index is -1.10.